The summed E-state index contributed by atoms with van der Waals surface area (Å²) in [5, 5.41) is 16.8. The summed E-state index contributed by atoms with van der Waals surface area (Å²) in [6, 6.07) is 24.7. The van der Waals surface area contributed by atoms with Crippen LogP contribution in [0.3, 0.4) is 0 Å². The van der Waals surface area contributed by atoms with Gasteiger partial charge in [0.15, 0.2) is 5.78 Å². The van der Waals surface area contributed by atoms with E-state index in [4.69, 9.17) is 10.00 Å². The predicted octanol–water partition coefficient (Wildman–Crippen LogP) is 4.77. The average Bonchev–Trinajstić information content (AvgIpc) is 3.37. The van der Waals surface area contributed by atoms with Gasteiger partial charge >= 0.3 is 5.97 Å². The number of aromatic nitrogens is 3. The lowest BCUT2D eigenvalue weighted by Gasteiger charge is -2.32. The van der Waals surface area contributed by atoms with Gasteiger partial charge in [-0.3, -0.25) is 9.59 Å². The second-order valence-electron chi connectivity index (χ2n) is 8.12. The van der Waals surface area contributed by atoms with Crippen LogP contribution in [-0.4, -0.2) is 33.3 Å². The Morgan fingerprint density at radius 3 is 2.28 bits per heavy atom. The summed E-state index contributed by atoms with van der Waals surface area (Å²) in [5.41, 5.74) is 3.58. The molecule has 1 aliphatic heterocycles. The number of carbonyl (C=O) groups is 2. The zero-order valence-corrected chi connectivity index (χ0v) is 20.0. The molecule has 1 aromatic heterocycles. The van der Waals surface area contributed by atoms with Gasteiger partial charge < -0.3 is 9.64 Å². The van der Waals surface area contributed by atoms with Crippen molar-refractivity contribution < 1.29 is 14.3 Å². The van der Waals surface area contributed by atoms with Gasteiger partial charge in [0.1, 0.15) is 18.8 Å². The fourth-order valence-corrected chi connectivity index (χ4v) is 5.00. The fraction of sp³-hybridized carbons (Fsp3) is 0.148. The SMILES string of the molecule is N#Cc1ccc(C(=O)Cn2cc(COC(=O)CCN3c4ccccc4Sc4ccccc43)nn2)cc1. The Bertz CT molecular complexity index is 1410. The zero-order chi connectivity index (χ0) is 24.9. The molecule has 2 heterocycles. The van der Waals surface area contributed by atoms with Crippen molar-refractivity contribution in [2.75, 3.05) is 11.4 Å². The minimum atomic E-state index is -0.341. The molecule has 0 atom stereocenters. The van der Waals surface area contributed by atoms with Crippen LogP contribution in [0.25, 0.3) is 0 Å². The highest BCUT2D eigenvalue weighted by Gasteiger charge is 2.23. The van der Waals surface area contributed by atoms with Crippen LogP contribution in [0.4, 0.5) is 11.4 Å². The van der Waals surface area contributed by atoms with Crippen LogP contribution in [0, 0.1) is 11.3 Å². The van der Waals surface area contributed by atoms with E-state index in [1.807, 2.05) is 30.3 Å². The van der Waals surface area contributed by atoms with Gasteiger partial charge in [-0.15, -0.1) is 5.10 Å². The Morgan fingerprint density at radius 1 is 0.944 bits per heavy atom. The number of hydrogen-bond donors (Lipinski definition) is 0. The van der Waals surface area contributed by atoms with Crippen LogP contribution in [0.2, 0.25) is 0 Å². The van der Waals surface area contributed by atoms with Crippen molar-refractivity contribution in [3.8, 4) is 6.07 Å². The van der Waals surface area contributed by atoms with Crippen LogP contribution >= 0.6 is 11.8 Å². The predicted molar refractivity (Wildman–Crippen MR) is 134 cm³/mol. The Hall–Kier alpha value is -4.42. The van der Waals surface area contributed by atoms with Gasteiger partial charge in [0.05, 0.1) is 35.6 Å². The number of nitrogens with zero attached hydrogens (tertiary/aromatic N) is 5. The number of hydrogen-bond acceptors (Lipinski definition) is 8. The highest BCUT2D eigenvalue weighted by atomic mass is 32.2. The number of nitriles is 1. The maximum atomic E-state index is 12.5. The normalized spacial score (nSPS) is 11.8. The van der Waals surface area contributed by atoms with Crippen molar-refractivity contribution in [3.05, 3.63) is 95.8 Å². The summed E-state index contributed by atoms with van der Waals surface area (Å²) < 4.78 is 6.83. The number of esters is 1. The Kier molecular flexibility index (Phi) is 6.78. The minimum Gasteiger partial charge on any atom is -0.459 e. The maximum Gasteiger partial charge on any atom is 0.307 e. The average molecular weight is 496 g/mol. The number of benzene rings is 3. The van der Waals surface area contributed by atoms with Crippen molar-refractivity contribution >= 4 is 34.9 Å². The molecule has 0 radical (unpaired) electrons. The third-order valence-electron chi connectivity index (χ3n) is 5.68. The van der Waals surface area contributed by atoms with Crippen LogP contribution in [0.1, 0.15) is 28.0 Å². The van der Waals surface area contributed by atoms with E-state index in [0.29, 0.717) is 23.4 Å². The summed E-state index contributed by atoms with van der Waals surface area (Å²) in [6.07, 6.45) is 1.79. The van der Waals surface area contributed by atoms with Crippen molar-refractivity contribution in [3.63, 3.8) is 0 Å². The topological polar surface area (TPSA) is 101 Å². The summed E-state index contributed by atoms with van der Waals surface area (Å²) >= 11 is 1.72. The largest absolute Gasteiger partial charge is 0.459 e. The molecule has 3 aromatic carbocycles. The van der Waals surface area contributed by atoms with E-state index in [9.17, 15) is 9.59 Å². The number of ketones is 1. The van der Waals surface area contributed by atoms with Gasteiger partial charge in [-0.05, 0) is 36.4 Å². The monoisotopic (exact) mass is 495 g/mol. The van der Waals surface area contributed by atoms with Gasteiger partial charge in [-0.1, -0.05) is 53.4 Å². The smallest absolute Gasteiger partial charge is 0.307 e. The molecule has 36 heavy (non-hydrogen) atoms. The first kappa shape index (κ1) is 23.3. The molecule has 0 aliphatic carbocycles. The standard InChI is InChI=1S/C27H21N5O3S/c28-15-19-9-11-20(12-10-19)24(33)17-31-16-21(29-30-31)18-35-27(34)13-14-32-22-5-1-3-7-25(22)36-26-8-4-2-6-23(26)32/h1-12,16H,13-14,17-18H2. The molecule has 0 fully saturated rings. The van der Waals surface area contributed by atoms with E-state index < -0.39 is 0 Å². The van der Waals surface area contributed by atoms with E-state index in [1.165, 1.54) is 4.68 Å². The molecular formula is C27H21N5O3S. The Labute approximate surface area is 212 Å². The Morgan fingerprint density at radius 2 is 1.61 bits per heavy atom. The molecule has 5 rings (SSSR count). The van der Waals surface area contributed by atoms with Gasteiger partial charge in [0, 0.05) is 21.9 Å². The number of para-hydroxylation sites is 2. The molecule has 0 amide bonds. The first-order chi connectivity index (χ1) is 17.6. The zero-order valence-electron chi connectivity index (χ0n) is 19.2. The van der Waals surface area contributed by atoms with Crippen LogP contribution in [0.15, 0.2) is 88.8 Å². The molecule has 0 unspecified atom stereocenters. The lowest BCUT2D eigenvalue weighted by Crippen LogP contribution is -2.24. The van der Waals surface area contributed by atoms with Crippen LogP contribution in [0.5, 0.6) is 0 Å². The summed E-state index contributed by atoms with van der Waals surface area (Å²) in [4.78, 5) is 29.4. The molecule has 8 nitrogen and oxygen atoms in total. The molecule has 0 saturated carbocycles. The van der Waals surface area contributed by atoms with Crippen LogP contribution < -0.4 is 4.90 Å². The molecule has 0 N–H and O–H groups in total. The van der Waals surface area contributed by atoms with Crippen molar-refractivity contribution in [2.45, 2.75) is 29.4 Å². The molecule has 0 bridgehead atoms. The number of anilines is 2. The van der Waals surface area contributed by atoms with E-state index >= 15 is 0 Å². The van der Waals surface area contributed by atoms with Crippen molar-refractivity contribution in [1.82, 2.24) is 15.0 Å². The number of ether oxygens (including phenoxy) is 1. The van der Waals surface area contributed by atoms with Gasteiger partial charge in [0.2, 0.25) is 0 Å². The van der Waals surface area contributed by atoms with E-state index in [2.05, 4.69) is 39.5 Å². The van der Waals surface area contributed by atoms with Gasteiger partial charge in [-0.2, -0.15) is 5.26 Å². The minimum absolute atomic E-state index is 0.00135. The maximum absolute atomic E-state index is 12.5. The molecule has 1 aliphatic rings. The first-order valence-corrected chi connectivity index (χ1v) is 12.1. The van der Waals surface area contributed by atoms with E-state index in [1.54, 1.807) is 42.2 Å². The fourth-order valence-electron chi connectivity index (χ4n) is 3.90. The van der Waals surface area contributed by atoms with Gasteiger partial charge in [0.25, 0.3) is 0 Å². The second kappa shape index (κ2) is 10.5. The lowest BCUT2D eigenvalue weighted by atomic mass is 10.1. The molecule has 178 valence electrons. The molecule has 4 aromatic rings. The number of Topliss-reactive ketones (excluding diaryl/α,β-unsaturated/α-hetero) is 1. The second-order valence-corrected chi connectivity index (χ2v) is 9.20. The summed E-state index contributed by atoms with van der Waals surface area (Å²) in [6.45, 7) is 0.463. The number of fused-ring (bicyclic) bond motifs is 2. The van der Waals surface area contributed by atoms with Gasteiger partial charge in [-0.25, -0.2) is 4.68 Å². The first-order valence-electron chi connectivity index (χ1n) is 11.3. The Balaban J connectivity index is 1.15. The van der Waals surface area contributed by atoms with Crippen LogP contribution in [-0.2, 0) is 22.7 Å². The van der Waals surface area contributed by atoms with E-state index in [-0.39, 0.29) is 31.3 Å². The summed E-state index contributed by atoms with van der Waals surface area (Å²) in [5.74, 6) is -0.500. The quantitative estimate of drug-likeness (QED) is 0.255. The number of carbonyl (C=O) groups excluding carboxylic acids is 2. The highest BCUT2D eigenvalue weighted by Crippen LogP contribution is 2.47. The van der Waals surface area contributed by atoms with Crippen molar-refractivity contribution in [1.29, 1.82) is 5.26 Å². The number of rotatable bonds is 8. The van der Waals surface area contributed by atoms with E-state index in [0.717, 1.165) is 21.2 Å². The molecule has 9 heteroatoms. The molecule has 0 spiro atoms. The third kappa shape index (κ3) is 5.14. The molecular weight excluding hydrogens is 474 g/mol. The highest BCUT2D eigenvalue weighted by molar-refractivity contribution is 7.99. The molecule has 0 saturated heterocycles. The summed E-state index contributed by atoms with van der Waals surface area (Å²) in [7, 11) is 0. The van der Waals surface area contributed by atoms with Crippen molar-refractivity contribution in [2.24, 2.45) is 0 Å². The lowest BCUT2D eigenvalue weighted by molar-refractivity contribution is -0.144. The third-order valence-corrected chi connectivity index (χ3v) is 6.81.